The minimum Gasteiger partial charge on any atom is -0.375 e. The quantitative estimate of drug-likeness (QED) is 0.928. The summed E-state index contributed by atoms with van der Waals surface area (Å²) in [6, 6.07) is 4.37. The molecule has 0 bridgehead atoms. The minimum atomic E-state index is -0.621. The Morgan fingerprint density at radius 3 is 2.42 bits per heavy atom. The summed E-state index contributed by atoms with van der Waals surface area (Å²) < 4.78 is 29.3. The Morgan fingerprint density at radius 2 is 1.89 bits per heavy atom. The van der Waals surface area contributed by atoms with Gasteiger partial charge in [-0.25, -0.2) is 8.78 Å². The molecular weight excluding hydrogens is 316 g/mol. The van der Waals surface area contributed by atoms with Crippen LogP contribution in [0.3, 0.4) is 0 Å². The first-order valence-electron chi connectivity index (χ1n) is 5.91. The normalized spacial score (nSPS) is 10.8. The van der Waals surface area contributed by atoms with Crippen LogP contribution in [0.4, 0.5) is 14.5 Å². The maximum atomic E-state index is 13.6. The van der Waals surface area contributed by atoms with Crippen LogP contribution >= 0.6 is 15.9 Å². The largest absolute Gasteiger partial charge is 0.375 e. The lowest BCUT2D eigenvalue weighted by Crippen LogP contribution is -2.08. The van der Waals surface area contributed by atoms with E-state index in [0.717, 1.165) is 17.8 Å². The highest BCUT2D eigenvalue weighted by Gasteiger charge is 2.11. The third-order valence-corrected chi connectivity index (χ3v) is 3.30. The summed E-state index contributed by atoms with van der Waals surface area (Å²) in [5, 5.41) is 7.05. The highest BCUT2D eigenvalue weighted by molar-refractivity contribution is 9.10. The molecule has 0 unspecified atom stereocenters. The fourth-order valence-corrected chi connectivity index (χ4v) is 2.20. The number of benzene rings is 1. The van der Waals surface area contributed by atoms with E-state index in [9.17, 15) is 8.78 Å². The van der Waals surface area contributed by atoms with E-state index < -0.39 is 11.6 Å². The number of aryl methyl sites for hydroxylation is 2. The van der Waals surface area contributed by atoms with Crippen molar-refractivity contribution in [3.05, 3.63) is 45.7 Å². The number of hydrogen-bond acceptors (Lipinski definition) is 2. The number of rotatable bonds is 4. The van der Waals surface area contributed by atoms with Crippen molar-refractivity contribution < 1.29 is 8.78 Å². The molecule has 1 N–H and O–H groups in total. The van der Waals surface area contributed by atoms with Crippen LogP contribution < -0.4 is 5.32 Å². The molecular formula is C13H14BrF2N3. The number of anilines is 1. The van der Waals surface area contributed by atoms with Gasteiger partial charge in [-0.2, -0.15) is 5.10 Å². The van der Waals surface area contributed by atoms with Crippen molar-refractivity contribution >= 4 is 21.6 Å². The summed E-state index contributed by atoms with van der Waals surface area (Å²) in [6.45, 7) is 2.33. The van der Waals surface area contributed by atoms with Gasteiger partial charge in [0.2, 0.25) is 0 Å². The molecule has 0 spiro atoms. The molecule has 1 aromatic heterocycles. The molecule has 0 atom stereocenters. The van der Waals surface area contributed by atoms with E-state index in [1.807, 2.05) is 20.0 Å². The summed E-state index contributed by atoms with van der Waals surface area (Å²) in [4.78, 5) is 0. The Bertz CT molecular complexity index is 573. The van der Waals surface area contributed by atoms with E-state index in [1.165, 1.54) is 12.1 Å². The van der Waals surface area contributed by atoms with E-state index >= 15 is 0 Å². The molecule has 3 nitrogen and oxygen atoms in total. The fourth-order valence-electron chi connectivity index (χ4n) is 1.80. The lowest BCUT2D eigenvalue weighted by atomic mass is 10.2. The molecule has 0 aliphatic rings. The lowest BCUT2D eigenvalue weighted by Gasteiger charge is -2.09. The van der Waals surface area contributed by atoms with E-state index in [2.05, 4.69) is 26.3 Å². The molecule has 2 aromatic rings. The van der Waals surface area contributed by atoms with Gasteiger partial charge in [0.15, 0.2) is 0 Å². The number of aromatic nitrogens is 2. The highest BCUT2D eigenvalue weighted by Crippen LogP contribution is 2.24. The van der Waals surface area contributed by atoms with Gasteiger partial charge >= 0.3 is 0 Å². The Kier molecular flexibility index (Phi) is 4.19. The van der Waals surface area contributed by atoms with Gasteiger partial charge < -0.3 is 5.32 Å². The number of nitrogens with zero attached hydrogens (tertiary/aromatic N) is 2. The fraction of sp³-hybridized carbons (Fsp3) is 0.308. The van der Waals surface area contributed by atoms with Gasteiger partial charge in [-0.1, -0.05) is 22.9 Å². The smallest absolute Gasteiger partial charge is 0.150 e. The maximum Gasteiger partial charge on any atom is 0.150 e. The molecule has 1 aromatic carbocycles. The van der Waals surface area contributed by atoms with Crippen LogP contribution in [0.25, 0.3) is 0 Å². The second-order valence-corrected chi connectivity index (χ2v) is 5.12. The van der Waals surface area contributed by atoms with Gasteiger partial charge in [0.1, 0.15) is 17.3 Å². The van der Waals surface area contributed by atoms with Crippen molar-refractivity contribution in [1.29, 1.82) is 0 Å². The molecule has 6 heteroatoms. The highest BCUT2D eigenvalue weighted by atomic mass is 79.9. The zero-order valence-corrected chi connectivity index (χ0v) is 12.3. The molecule has 0 aliphatic heterocycles. The Hall–Kier alpha value is -1.43. The lowest BCUT2D eigenvalue weighted by molar-refractivity contribution is 0.585. The van der Waals surface area contributed by atoms with Crippen LogP contribution in [0.5, 0.6) is 0 Å². The zero-order chi connectivity index (χ0) is 14.0. The third kappa shape index (κ3) is 3.12. The predicted octanol–water partition coefficient (Wildman–Crippen LogP) is 3.64. The number of hydrogen-bond donors (Lipinski definition) is 1. The van der Waals surface area contributed by atoms with Gasteiger partial charge in [-0.15, -0.1) is 0 Å². The summed E-state index contributed by atoms with van der Waals surface area (Å²) >= 11 is 3.05. The average molecular weight is 330 g/mol. The monoisotopic (exact) mass is 329 g/mol. The van der Waals surface area contributed by atoms with Gasteiger partial charge in [-0.3, -0.25) is 4.68 Å². The molecule has 19 heavy (non-hydrogen) atoms. The van der Waals surface area contributed by atoms with Crippen molar-refractivity contribution in [2.24, 2.45) is 7.05 Å². The number of halogens is 3. The van der Waals surface area contributed by atoms with Crippen LogP contribution in [-0.4, -0.2) is 9.78 Å². The first kappa shape index (κ1) is 14.0. The van der Waals surface area contributed by atoms with E-state index in [-0.39, 0.29) is 5.69 Å². The minimum absolute atomic E-state index is 0.123. The molecule has 2 rings (SSSR count). The van der Waals surface area contributed by atoms with Crippen molar-refractivity contribution in [3.63, 3.8) is 0 Å². The Morgan fingerprint density at radius 1 is 1.26 bits per heavy atom. The standard InChI is InChI=1S/C13H14BrF2N3/c1-3-9-6-10(19(2)18-9)7-17-13-11(15)4-8(14)5-12(13)16/h4-6,17H,3,7H2,1-2H3. The molecule has 0 saturated heterocycles. The van der Waals surface area contributed by atoms with Crippen molar-refractivity contribution in [3.8, 4) is 0 Å². The van der Waals surface area contributed by atoms with E-state index in [4.69, 9.17) is 0 Å². The molecule has 0 fully saturated rings. The average Bonchev–Trinajstić information content (AvgIpc) is 2.69. The Balaban J connectivity index is 2.16. The van der Waals surface area contributed by atoms with Crippen LogP contribution in [0.2, 0.25) is 0 Å². The summed E-state index contributed by atoms with van der Waals surface area (Å²) in [5.74, 6) is -1.24. The molecule has 0 saturated carbocycles. The summed E-state index contributed by atoms with van der Waals surface area (Å²) in [6.07, 6.45) is 0.828. The van der Waals surface area contributed by atoms with Gasteiger partial charge in [0, 0.05) is 11.5 Å². The molecule has 0 radical (unpaired) electrons. The van der Waals surface area contributed by atoms with E-state index in [0.29, 0.717) is 11.0 Å². The van der Waals surface area contributed by atoms with Crippen LogP contribution in [0.15, 0.2) is 22.7 Å². The van der Waals surface area contributed by atoms with Crippen molar-refractivity contribution in [2.45, 2.75) is 19.9 Å². The predicted molar refractivity (Wildman–Crippen MR) is 74.0 cm³/mol. The molecule has 102 valence electrons. The molecule has 1 heterocycles. The second kappa shape index (κ2) is 5.69. The molecule has 0 amide bonds. The van der Waals surface area contributed by atoms with Crippen LogP contribution in [0.1, 0.15) is 18.3 Å². The Labute approximate surface area is 118 Å². The van der Waals surface area contributed by atoms with Crippen molar-refractivity contribution in [1.82, 2.24) is 9.78 Å². The van der Waals surface area contributed by atoms with Gasteiger partial charge in [0.25, 0.3) is 0 Å². The number of nitrogens with one attached hydrogen (secondary N) is 1. The topological polar surface area (TPSA) is 29.9 Å². The third-order valence-electron chi connectivity index (χ3n) is 2.84. The van der Waals surface area contributed by atoms with Crippen LogP contribution in [-0.2, 0) is 20.0 Å². The van der Waals surface area contributed by atoms with Crippen molar-refractivity contribution in [2.75, 3.05) is 5.32 Å². The zero-order valence-electron chi connectivity index (χ0n) is 10.7. The maximum absolute atomic E-state index is 13.6. The second-order valence-electron chi connectivity index (χ2n) is 4.20. The van der Waals surface area contributed by atoms with Gasteiger partial charge in [-0.05, 0) is 24.6 Å². The summed E-state index contributed by atoms with van der Waals surface area (Å²) in [7, 11) is 1.81. The summed E-state index contributed by atoms with van der Waals surface area (Å²) in [5.41, 5.74) is 1.71. The SMILES string of the molecule is CCc1cc(CNc2c(F)cc(Br)cc2F)n(C)n1. The van der Waals surface area contributed by atoms with E-state index in [1.54, 1.807) is 4.68 Å². The first-order chi connectivity index (χ1) is 9.01. The molecule has 0 aliphatic carbocycles. The van der Waals surface area contributed by atoms with Crippen LogP contribution in [0, 0.1) is 11.6 Å². The first-order valence-corrected chi connectivity index (χ1v) is 6.70. The van der Waals surface area contributed by atoms with Gasteiger partial charge in [0.05, 0.1) is 17.9 Å².